The largest absolute Gasteiger partial charge is 0.383 e. The number of morpholine rings is 1. The Kier molecular flexibility index (Phi) is 5.13. The molecule has 9 heteroatoms. The number of hydrogen-bond acceptors (Lipinski definition) is 7. The van der Waals surface area contributed by atoms with E-state index in [2.05, 4.69) is 10.1 Å². The Morgan fingerprint density at radius 3 is 3.00 bits per heavy atom. The minimum atomic E-state index is -0.302. The number of ether oxygens (including phenoxy) is 1. The quantitative estimate of drug-likeness (QED) is 0.527. The van der Waals surface area contributed by atoms with Crippen molar-refractivity contribution in [1.82, 2.24) is 24.6 Å². The van der Waals surface area contributed by atoms with Crippen LogP contribution in [0.5, 0.6) is 0 Å². The fourth-order valence-electron chi connectivity index (χ4n) is 3.68. The molecule has 1 unspecified atom stereocenters. The van der Waals surface area contributed by atoms with Crippen LogP contribution >= 0.6 is 11.3 Å². The number of fused-ring (bicyclic) bond motifs is 1. The number of nitrogen functional groups attached to an aromatic ring is 1. The average molecular weight is 435 g/mol. The fourth-order valence-corrected chi connectivity index (χ4v) is 4.67. The van der Waals surface area contributed by atoms with E-state index < -0.39 is 0 Å². The molecule has 3 aromatic heterocycles. The highest BCUT2D eigenvalue weighted by Gasteiger charge is 2.25. The molecule has 0 aliphatic carbocycles. The normalized spacial score (nSPS) is 16.7. The predicted octanol–water partition coefficient (Wildman–Crippen LogP) is 3.57. The number of aromatic nitrogens is 4. The second-order valence-electron chi connectivity index (χ2n) is 7.37. The van der Waals surface area contributed by atoms with E-state index in [1.165, 1.54) is 0 Å². The molecule has 0 saturated carbocycles. The second-order valence-corrected chi connectivity index (χ2v) is 8.40. The summed E-state index contributed by atoms with van der Waals surface area (Å²) in [4.78, 5) is 23.0. The van der Waals surface area contributed by atoms with Gasteiger partial charge in [-0.25, -0.2) is 14.6 Å². The molecule has 31 heavy (non-hydrogen) atoms. The predicted molar refractivity (Wildman–Crippen MR) is 120 cm³/mol. The van der Waals surface area contributed by atoms with Crippen LogP contribution in [0.15, 0.2) is 48.9 Å². The van der Waals surface area contributed by atoms with E-state index in [4.69, 9.17) is 15.5 Å². The third-order valence-corrected chi connectivity index (χ3v) is 6.45. The molecule has 5 rings (SSSR count). The van der Waals surface area contributed by atoms with E-state index >= 15 is 0 Å². The van der Waals surface area contributed by atoms with Crippen molar-refractivity contribution < 1.29 is 9.53 Å². The molecular weight excluding hydrogens is 412 g/mol. The maximum Gasteiger partial charge on any atom is 0.222 e. The fraction of sp³-hybridized carbons (Fsp3) is 0.273. The number of hydrogen-bond donors (Lipinski definition) is 1. The Morgan fingerprint density at radius 1 is 1.29 bits per heavy atom. The molecule has 1 aliphatic rings. The zero-order chi connectivity index (χ0) is 21.4. The first-order chi connectivity index (χ1) is 15.1. The van der Waals surface area contributed by atoms with E-state index in [0.29, 0.717) is 31.9 Å². The van der Waals surface area contributed by atoms with Crippen molar-refractivity contribution in [3.05, 3.63) is 48.9 Å². The molecule has 8 nitrogen and oxygen atoms in total. The van der Waals surface area contributed by atoms with E-state index in [-0.39, 0.29) is 12.1 Å². The van der Waals surface area contributed by atoms with Crippen LogP contribution < -0.4 is 5.73 Å². The van der Waals surface area contributed by atoms with Crippen LogP contribution in [0.4, 0.5) is 5.82 Å². The Bertz CT molecular complexity index is 1220. The van der Waals surface area contributed by atoms with Crippen LogP contribution in [0, 0.1) is 0 Å². The van der Waals surface area contributed by atoms with Gasteiger partial charge in [0.15, 0.2) is 6.23 Å². The van der Waals surface area contributed by atoms with Crippen molar-refractivity contribution in [3.8, 4) is 21.7 Å². The first-order valence-electron chi connectivity index (χ1n) is 10.2. The molecular formula is C22H22N6O2S. The Labute approximate surface area is 183 Å². The first kappa shape index (κ1) is 19.7. The number of amides is 1. The molecule has 158 valence electrons. The van der Waals surface area contributed by atoms with Gasteiger partial charge in [-0.1, -0.05) is 19.1 Å². The lowest BCUT2D eigenvalue weighted by Crippen LogP contribution is -2.43. The van der Waals surface area contributed by atoms with Gasteiger partial charge in [-0.05, 0) is 18.2 Å². The number of carbonyl (C=O) groups is 1. The number of anilines is 1. The van der Waals surface area contributed by atoms with Crippen LogP contribution in [-0.4, -0.2) is 50.3 Å². The van der Waals surface area contributed by atoms with Crippen LogP contribution in [0.25, 0.3) is 31.9 Å². The minimum absolute atomic E-state index is 0.129. The van der Waals surface area contributed by atoms with Gasteiger partial charge in [0, 0.05) is 36.5 Å². The maximum atomic E-state index is 12.1. The summed E-state index contributed by atoms with van der Waals surface area (Å²) in [6.07, 6.45) is 5.62. The highest BCUT2D eigenvalue weighted by molar-refractivity contribution is 7.21. The van der Waals surface area contributed by atoms with E-state index in [0.717, 1.165) is 31.9 Å². The SMILES string of the molecule is CCC(=O)N1CCOC(n2cc(-c3cnc(N)c(-c4nc5ccccc5s4)c3)cn2)C1. The summed E-state index contributed by atoms with van der Waals surface area (Å²) in [5.41, 5.74) is 9.72. The van der Waals surface area contributed by atoms with E-state index in [1.54, 1.807) is 28.4 Å². The lowest BCUT2D eigenvalue weighted by Gasteiger charge is -2.32. The van der Waals surface area contributed by atoms with Crippen LogP contribution in [0.2, 0.25) is 0 Å². The van der Waals surface area contributed by atoms with E-state index in [1.807, 2.05) is 48.4 Å². The molecule has 1 saturated heterocycles. The molecule has 1 aromatic carbocycles. The van der Waals surface area contributed by atoms with Crippen molar-refractivity contribution in [1.29, 1.82) is 0 Å². The first-order valence-corrected chi connectivity index (χ1v) is 11.0. The van der Waals surface area contributed by atoms with Gasteiger partial charge in [0.1, 0.15) is 10.8 Å². The van der Waals surface area contributed by atoms with Gasteiger partial charge in [-0.3, -0.25) is 4.79 Å². The van der Waals surface area contributed by atoms with Crippen molar-refractivity contribution in [3.63, 3.8) is 0 Å². The summed E-state index contributed by atoms with van der Waals surface area (Å²) in [5, 5.41) is 5.31. The number of nitrogens with zero attached hydrogens (tertiary/aromatic N) is 5. The van der Waals surface area contributed by atoms with Gasteiger partial charge >= 0.3 is 0 Å². The maximum absolute atomic E-state index is 12.1. The summed E-state index contributed by atoms with van der Waals surface area (Å²) in [7, 11) is 0. The molecule has 1 aliphatic heterocycles. The zero-order valence-corrected chi connectivity index (χ0v) is 17.9. The summed E-state index contributed by atoms with van der Waals surface area (Å²) in [6.45, 7) is 3.47. The Hall–Kier alpha value is -3.30. The lowest BCUT2D eigenvalue weighted by molar-refractivity contribution is -0.143. The topological polar surface area (TPSA) is 99.2 Å². The molecule has 0 radical (unpaired) electrons. The summed E-state index contributed by atoms with van der Waals surface area (Å²) in [5.74, 6) is 0.573. The molecule has 1 fully saturated rings. The van der Waals surface area contributed by atoms with Crippen molar-refractivity contribution in [2.45, 2.75) is 19.6 Å². The number of benzene rings is 1. The Balaban J connectivity index is 1.43. The van der Waals surface area contributed by atoms with Crippen molar-refractivity contribution in [2.24, 2.45) is 0 Å². The number of rotatable bonds is 4. The summed E-state index contributed by atoms with van der Waals surface area (Å²) in [6, 6.07) is 10.0. The third kappa shape index (κ3) is 3.77. The molecule has 0 spiro atoms. The number of carbonyl (C=O) groups excluding carboxylic acids is 1. The number of para-hydroxylation sites is 1. The number of pyridine rings is 1. The van der Waals surface area contributed by atoms with Gasteiger partial charge < -0.3 is 15.4 Å². The van der Waals surface area contributed by atoms with Gasteiger partial charge in [0.2, 0.25) is 5.91 Å². The molecule has 0 bridgehead atoms. The highest BCUT2D eigenvalue weighted by Crippen LogP contribution is 2.35. The summed E-state index contributed by atoms with van der Waals surface area (Å²) < 4.78 is 8.72. The van der Waals surface area contributed by atoms with Gasteiger partial charge in [-0.2, -0.15) is 5.10 Å². The lowest BCUT2D eigenvalue weighted by atomic mass is 10.1. The summed E-state index contributed by atoms with van der Waals surface area (Å²) >= 11 is 1.59. The molecule has 2 N–H and O–H groups in total. The standard InChI is InChI=1S/C22H22N6O2S/c1-2-19(29)27-7-8-30-20(13-27)28-12-15(11-25-28)14-9-16(21(23)24-10-14)22-26-17-5-3-4-6-18(17)31-22/h3-6,9-12,20H,2,7-8,13H2,1H3,(H2,23,24). The van der Waals surface area contributed by atoms with Crippen molar-refractivity contribution >= 4 is 33.3 Å². The highest BCUT2D eigenvalue weighted by atomic mass is 32.1. The van der Waals surface area contributed by atoms with Gasteiger partial charge in [0.05, 0.1) is 35.1 Å². The third-order valence-electron chi connectivity index (χ3n) is 5.38. The molecule has 1 amide bonds. The van der Waals surface area contributed by atoms with Crippen LogP contribution in [-0.2, 0) is 9.53 Å². The van der Waals surface area contributed by atoms with Crippen LogP contribution in [0.1, 0.15) is 19.6 Å². The van der Waals surface area contributed by atoms with Gasteiger partial charge in [0.25, 0.3) is 0 Å². The second kappa shape index (κ2) is 8.09. The Morgan fingerprint density at radius 2 is 2.16 bits per heavy atom. The van der Waals surface area contributed by atoms with Crippen LogP contribution in [0.3, 0.4) is 0 Å². The smallest absolute Gasteiger partial charge is 0.222 e. The number of thiazole rings is 1. The minimum Gasteiger partial charge on any atom is -0.383 e. The van der Waals surface area contributed by atoms with Gasteiger partial charge in [-0.15, -0.1) is 11.3 Å². The molecule has 1 atom stereocenters. The van der Waals surface area contributed by atoms with E-state index in [9.17, 15) is 4.79 Å². The molecule has 4 heterocycles. The average Bonchev–Trinajstić information content (AvgIpc) is 3.46. The van der Waals surface area contributed by atoms with Crippen molar-refractivity contribution in [2.75, 3.05) is 25.4 Å². The number of nitrogens with two attached hydrogens (primary N) is 1. The zero-order valence-electron chi connectivity index (χ0n) is 17.1. The monoisotopic (exact) mass is 434 g/mol. The molecule has 4 aromatic rings.